The fourth-order valence-corrected chi connectivity index (χ4v) is 3.42. The van der Waals surface area contributed by atoms with Gasteiger partial charge in [-0.2, -0.15) is 0 Å². The Balaban J connectivity index is 2.03. The van der Waals surface area contributed by atoms with E-state index in [2.05, 4.69) is 15.3 Å². The Labute approximate surface area is 99.4 Å². The highest BCUT2D eigenvalue weighted by atomic mass is 32.2. The summed E-state index contributed by atoms with van der Waals surface area (Å²) in [5, 5.41) is 2.67. The quantitative estimate of drug-likeness (QED) is 0.784. The van der Waals surface area contributed by atoms with Crippen molar-refractivity contribution in [3.63, 3.8) is 0 Å². The molecule has 1 unspecified atom stereocenters. The molecule has 6 nitrogen and oxygen atoms in total. The molecule has 0 bridgehead atoms. The summed E-state index contributed by atoms with van der Waals surface area (Å²) in [5.74, 6) is 0.318. The SMILES string of the molecule is Cc1nccc(C(=O)NC2CCS(=O)(=O)C2)n1. The minimum Gasteiger partial charge on any atom is -0.347 e. The minimum atomic E-state index is -2.98. The Morgan fingerprint density at radius 2 is 2.29 bits per heavy atom. The van der Waals surface area contributed by atoms with E-state index in [1.54, 1.807) is 6.92 Å². The van der Waals surface area contributed by atoms with Gasteiger partial charge in [0, 0.05) is 12.2 Å². The molecule has 2 heterocycles. The highest BCUT2D eigenvalue weighted by molar-refractivity contribution is 7.91. The highest BCUT2D eigenvalue weighted by Crippen LogP contribution is 2.11. The van der Waals surface area contributed by atoms with Crippen molar-refractivity contribution in [2.75, 3.05) is 11.5 Å². The highest BCUT2D eigenvalue weighted by Gasteiger charge is 2.29. The lowest BCUT2D eigenvalue weighted by Gasteiger charge is -2.10. The summed E-state index contributed by atoms with van der Waals surface area (Å²) in [5.41, 5.74) is 0.266. The second-order valence-electron chi connectivity index (χ2n) is 4.06. The van der Waals surface area contributed by atoms with Gasteiger partial charge in [0.05, 0.1) is 11.5 Å². The van der Waals surface area contributed by atoms with Crippen molar-refractivity contribution in [2.24, 2.45) is 0 Å². The predicted octanol–water partition coefficient (Wildman–Crippen LogP) is -0.298. The number of aryl methyl sites for hydroxylation is 1. The van der Waals surface area contributed by atoms with Crippen molar-refractivity contribution in [1.82, 2.24) is 15.3 Å². The van der Waals surface area contributed by atoms with Crippen LogP contribution in [0.3, 0.4) is 0 Å². The van der Waals surface area contributed by atoms with Crippen molar-refractivity contribution in [3.8, 4) is 0 Å². The van der Waals surface area contributed by atoms with Crippen molar-refractivity contribution >= 4 is 15.7 Å². The minimum absolute atomic E-state index is 0.0167. The normalized spacial score (nSPS) is 22.3. The summed E-state index contributed by atoms with van der Waals surface area (Å²) in [6.45, 7) is 1.69. The number of carbonyl (C=O) groups is 1. The third kappa shape index (κ3) is 3.00. The van der Waals surface area contributed by atoms with E-state index in [9.17, 15) is 13.2 Å². The number of amides is 1. The fourth-order valence-electron chi connectivity index (χ4n) is 1.75. The van der Waals surface area contributed by atoms with Gasteiger partial charge < -0.3 is 5.32 Å². The van der Waals surface area contributed by atoms with Crippen LogP contribution in [0.4, 0.5) is 0 Å². The lowest BCUT2D eigenvalue weighted by molar-refractivity contribution is 0.0935. The van der Waals surface area contributed by atoms with E-state index in [0.29, 0.717) is 12.2 Å². The Bertz CT molecular complexity index is 541. The van der Waals surface area contributed by atoms with Crippen LogP contribution in [0, 0.1) is 6.92 Å². The average molecular weight is 255 g/mol. The molecule has 0 saturated carbocycles. The van der Waals surface area contributed by atoms with Gasteiger partial charge >= 0.3 is 0 Å². The Morgan fingerprint density at radius 3 is 2.88 bits per heavy atom. The first-order chi connectivity index (χ1) is 7.96. The smallest absolute Gasteiger partial charge is 0.270 e. The molecular weight excluding hydrogens is 242 g/mol. The van der Waals surface area contributed by atoms with Crippen molar-refractivity contribution in [1.29, 1.82) is 0 Å². The largest absolute Gasteiger partial charge is 0.347 e. The second kappa shape index (κ2) is 4.40. The topological polar surface area (TPSA) is 89.0 Å². The lowest BCUT2D eigenvalue weighted by atomic mass is 10.2. The molecule has 0 aromatic carbocycles. The van der Waals surface area contributed by atoms with E-state index < -0.39 is 9.84 Å². The molecule has 0 spiro atoms. The zero-order valence-electron chi connectivity index (χ0n) is 9.38. The monoisotopic (exact) mass is 255 g/mol. The fraction of sp³-hybridized carbons (Fsp3) is 0.500. The Kier molecular flexibility index (Phi) is 3.10. The van der Waals surface area contributed by atoms with Crippen LogP contribution in [-0.4, -0.2) is 41.8 Å². The molecule has 1 amide bonds. The Hall–Kier alpha value is -1.50. The second-order valence-corrected chi connectivity index (χ2v) is 6.29. The third-order valence-corrected chi connectivity index (χ3v) is 4.34. The molecule has 0 aliphatic carbocycles. The maximum absolute atomic E-state index is 11.8. The number of sulfone groups is 1. The molecule has 1 aliphatic heterocycles. The lowest BCUT2D eigenvalue weighted by Crippen LogP contribution is -2.36. The van der Waals surface area contributed by atoms with Crippen LogP contribution in [0.1, 0.15) is 22.7 Å². The first-order valence-corrected chi connectivity index (χ1v) is 7.09. The van der Waals surface area contributed by atoms with Crippen LogP contribution < -0.4 is 5.32 Å². The van der Waals surface area contributed by atoms with Crippen LogP contribution >= 0.6 is 0 Å². The van der Waals surface area contributed by atoms with Gasteiger partial charge in [0.1, 0.15) is 11.5 Å². The molecule has 0 radical (unpaired) electrons. The standard InChI is InChI=1S/C10H13N3O3S/c1-7-11-4-2-9(12-7)10(14)13-8-3-5-17(15,16)6-8/h2,4,8H,3,5-6H2,1H3,(H,13,14). The van der Waals surface area contributed by atoms with E-state index in [0.717, 1.165) is 0 Å². The summed E-state index contributed by atoms with van der Waals surface area (Å²) in [7, 11) is -2.98. The van der Waals surface area contributed by atoms with Gasteiger partial charge in [-0.3, -0.25) is 4.79 Å². The van der Waals surface area contributed by atoms with Gasteiger partial charge in [-0.25, -0.2) is 18.4 Å². The molecule has 1 fully saturated rings. The number of carbonyl (C=O) groups excluding carboxylic acids is 1. The van der Waals surface area contributed by atoms with E-state index >= 15 is 0 Å². The van der Waals surface area contributed by atoms with Gasteiger partial charge in [0.2, 0.25) is 0 Å². The van der Waals surface area contributed by atoms with Crippen LogP contribution in [0.15, 0.2) is 12.3 Å². The van der Waals surface area contributed by atoms with Crippen molar-refractivity contribution < 1.29 is 13.2 Å². The molecule has 2 rings (SSSR count). The number of rotatable bonds is 2. The average Bonchev–Trinajstić information content (AvgIpc) is 2.58. The summed E-state index contributed by atoms with van der Waals surface area (Å²) < 4.78 is 22.5. The molecule has 1 atom stereocenters. The van der Waals surface area contributed by atoms with Crippen molar-refractivity contribution in [2.45, 2.75) is 19.4 Å². The molecule has 1 aromatic rings. The first-order valence-electron chi connectivity index (χ1n) is 5.27. The summed E-state index contributed by atoms with van der Waals surface area (Å²) >= 11 is 0. The Morgan fingerprint density at radius 1 is 1.53 bits per heavy atom. The third-order valence-electron chi connectivity index (χ3n) is 2.58. The van der Waals surface area contributed by atoms with E-state index in [4.69, 9.17) is 0 Å². The molecule has 7 heteroatoms. The van der Waals surface area contributed by atoms with Crippen LogP contribution in [0.25, 0.3) is 0 Å². The van der Waals surface area contributed by atoms with Gasteiger partial charge in [0.15, 0.2) is 9.84 Å². The molecule has 1 N–H and O–H groups in total. The number of aromatic nitrogens is 2. The molecule has 17 heavy (non-hydrogen) atoms. The van der Waals surface area contributed by atoms with Crippen LogP contribution in [0.5, 0.6) is 0 Å². The van der Waals surface area contributed by atoms with Gasteiger partial charge in [-0.05, 0) is 19.4 Å². The summed E-state index contributed by atoms with van der Waals surface area (Å²) in [6.07, 6.45) is 1.97. The van der Waals surface area contributed by atoms with E-state index in [-0.39, 0.29) is 29.1 Å². The zero-order valence-corrected chi connectivity index (χ0v) is 10.2. The number of hydrogen-bond acceptors (Lipinski definition) is 5. The molecular formula is C10H13N3O3S. The first kappa shape index (κ1) is 12.0. The number of nitrogens with one attached hydrogen (secondary N) is 1. The summed E-state index contributed by atoms with van der Waals surface area (Å²) in [4.78, 5) is 19.6. The zero-order chi connectivity index (χ0) is 12.5. The number of hydrogen-bond donors (Lipinski definition) is 1. The maximum Gasteiger partial charge on any atom is 0.270 e. The van der Waals surface area contributed by atoms with Crippen molar-refractivity contribution in [3.05, 3.63) is 23.8 Å². The number of nitrogens with zero attached hydrogens (tertiary/aromatic N) is 2. The molecule has 1 saturated heterocycles. The molecule has 1 aromatic heterocycles. The van der Waals surface area contributed by atoms with Gasteiger partial charge in [-0.1, -0.05) is 0 Å². The van der Waals surface area contributed by atoms with Gasteiger partial charge in [-0.15, -0.1) is 0 Å². The van der Waals surface area contributed by atoms with Crippen LogP contribution in [0.2, 0.25) is 0 Å². The molecule has 92 valence electrons. The maximum atomic E-state index is 11.8. The van der Waals surface area contributed by atoms with E-state index in [1.807, 2.05) is 0 Å². The summed E-state index contributed by atoms with van der Waals surface area (Å²) in [6, 6.07) is 1.20. The van der Waals surface area contributed by atoms with Gasteiger partial charge in [0.25, 0.3) is 5.91 Å². The predicted molar refractivity (Wildman–Crippen MR) is 61.3 cm³/mol. The van der Waals surface area contributed by atoms with Crippen LogP contribution in [-0.2, 0) is 9.84 Å². The van der Waals surface area contributed by atoms with E-state index in [1.165, 1.54) is 12.3 Å². The molecule has 1 aliphatic rings.